The lowest BCUT2D eigenvalue weighted by atomic mass is 10.1. The molecular formula is C15H12N2O5. The fourth-order valence-electron chi connectivity index (χ4n) is 2.31. The van der Waals surface area contributed by atoms with Gasteiger partial charge >= 0.3 is 5.97 Å². The number of ether oxygens (including phenoxy) is 2. The summed E-state index contributed by atoms with van der Waals surface area (Å²) in [6.45, 7) is 0. The third kappa shape index (κ3) is 2.32. The van der Waals surface area contributed by atoms with Gasteiger partial charge in [0.2, 0.25) is 6.23 Å². The quantitative estimate of drug-likeness (QED) is 0.530. The van der Waals surface area contributed by atoms with Gasteiger partial charge in [0.15, 0.2) is 0 Å². The van der Waals surface area contributed by atoms with E-state index >= 15 is 0 Å². The standard InChI is InChI=1S/C15H12N2O5/c1-21-13-8-9(17(19)20)6-7-12(13)16-14-10-4-2-3-5-11(10)15(18)22-14/h2-8,14,16H,1H3/t14-/m1/s1. The number of nitrogens with zero attached hydrogens (tertiary/aromatic N) is 1. The zero-order chi connectivity index (χ0) is 15.7. The normalized spacial score (nSPS) is 15.9. The maximum Gasteiger partial charge on any atom is 0.340 e. The van der Waals surface area contributed by atoms with Crippen LogP contribution in [0.3, 0.4) is 0 Å². The van der Waals surface area contributed by atoms with Gasteiger partial charge < -0.3 is 14.8 Å². The van der Waals surface area contributed by atoms with Crippen LogP contribution < -0.4 is 10.1 Å². The van der Waals surface area contributed by atoms with E-state index in [-0.39, 0.29) is 5.69 Å². The average Bonchev–Trinajstić information content (AvgIpc) is 2.84. The summed E-state index contributed by atoms with van der Waals surface area (Å²) in [7, 11) is 1.42. The van der Waals surface area contributed by atoms with E-state index in [4.69, 9.17) is 9.47 Å². The number of non-ortho nitro benzene ring substituents is 1. The summed E-state index contributed by atoms with van der Waals surface area (Å²) in [6.07, 6.45) is -0.654. The van der Waals surface area contributed by atoms with Crippen LogP contribution in [0.4, 0.5) is 11.4 Å². The highest BCUT2D eigenvalue weighted by Gasteiger charge is 2.31. The highest BCUT2D eigenvalue weighted by molar-refractivity contribution is 5.94. The van der Waals surface area contributed by atoms with Crippen molar-refractivity contribution >= 4 is 17.3 Å². The Balaban J connectivity index is 1.91. The number of esters is 1. The predicted molar refractivity (Wildman–Crippen MR) is 77.9 cm³/mol. The van der Waals surface area contributed by atoms with E-state index in [0.29, 0.717) is 22.6 Å². The van der Waals surface area contributed by atoms with Crippen LogP contribution in [-0.2, 0) is 4.74 Å². The highest BCUT2D eigenvalue weighted by Crippen LogP contribution is 2.35. The van der Waals surface area contributed by atoms with Gasteiger partial charge in [0.1, 0.15) is 5.75 Å². The van der Waals surface area contributed by atoms with E-state index in [2.05, 4.69) is 5.32 Å². The lowest BCUT2D eigenvalue weighted by Crippen LogP contribution is -2.11. The second-order valence-corrected chi connectivity index (χ2v) is 4.66. The number of fused-ring (bicyclic) bond motifs is 1. The molecule has 0 spiro atoms. The van der Waals surface area contributed by atoms with Crippen LogP contribution >= 0.6 is 0 Å². The molecule has 1 N–H and O–H groups in total. The van der Waals surface area contributed by atoms with Gasteiger partial charge in [0.25, 0.3) is 5.69 Å². The van der Waals surface area contributed by atoms with Gasteiger partial charge in [-0.25, -0.2) is 4.79 Å². The highest BCUT2D eigenvalue weighted by atomic mass is 16.6. The van der Waals surface area contributed by atoms with Gasteiger partial charge in [0.05, 0.1) is 29.4 Å². The number of hydrogen-bond acceptors (Lipinski definition) is 6. The molecule has 2 aromatic rings. The fraction of sp³-hybridized carbons (Fsp3) is 0.133. The molecule has 0 radical (unpaired) electrons. The van der Waals surface area contributed by atoms with Crippen LogP contribution in [0.1, 0.15) is 22.1 Å². The van der Waals surface area contributed by atoms with Gasteiger partial charge in [-0.05, 0) is 12.1 Å². The summed E-state index contributed by atoms with van der Waals surface area (Å²) >= 11 is 0. The third-order valence-corrected chi connectivity index (χ3v) is 3.37. The van der Waals surface area contributed by atoms with E-state index in [1.165, 1.54) is 25.3 Å². The SMILES string of the molecule is COc1cc([N+](=O)[O-])ccc1N[C@@H]1OC(=O)c2ccccc21. The van der Waals surface area contributed by atoms with Crippen LogP contribution in [0.5, 0.6) is 5.75 Å². The number of cyclic esters (lactones) is 1. The molecule has 1 aliphatic rings. The lowest BCUT2D eigenvalue weighted by Gasteiger charge is -2.16. The van der Waals surface area contributed by atoms with Crippen LogP contribution in [0, 0.1) is 10.1 Å². The second-order valence-electron chi connectivity index (χ2n) is 4.66. The van der Waals surface area contributed by atoms with E-state index in [1.54, 1.807) is 18.2 Å². The van der Waals surface area contributed by atoms with Gasteiger partial charge in [-0.1, -0.05) is 18.2 Å². The molecule has 1 aliphatic heterocycles. The number of carbonyl (C=O) groups excluding carboxylic acids is 1. The monoisotopic (exact) mass is 300 g/mol. The number of nitro benzene ring substituents is 1. The Labute approximate surface area is 125 Å². The number of nitro groups is 1. The summed E-state index contributed by atoms with van der Waals surface area (Å²) in [4.78, 5) is 22.1. The molecule has 0 amide bonds. The van der Waals surface area contributed by atoms with E-state index in [0.717, 1.165) is 0 Å². The first-order valence-corrected chi connectivity index (χ1v) is 6.49. The van der Waals surface area contributed by atoms with Crippen molar-refractivity contribution in [1.29, 1.82) is 0 Å². The molecule has 7 nitrogen and oxygen atoms in total. The first kappa shape index (κ1) is 13.9. The Bertz CT molecular complexity index is 759. The number of anilines is 1. The molecule has 1 heterocycles. The van der Waals surface area contributed by atoms with Crippen molar-refractivity contribution in [2.45, 2.75) is 6.23 Å². The molecule has 0 saturated carbocycles. The minimum absolute atomic E-state index is 0.0776. The summed E-state index contributed by atoms with van der Waals surface area (Å²) in [5, 5.41) is 13.8. The Morgan fingerprint density at radius 3 is 2.77 bits per heavy atom. The first-order chi connectivity index (χ1) is 10.6. The Kier molecular flexibility index (Phi) is 3.38. The molecule has 7 heteroatoms. The maximum absolute atomic E-state index is 11.8. The van der Waals surface area contributed by atoms with Crippen molar-refractivity contribution in [3.63, 3.8) is 0 Å². The predicted octanol–water partition coefficient (Wildman–Crippen LogP) is 2.88. The van der Waals surface area contributed by atoms with Crippen molar-refractivity contribution in [3.8, 4) is 5.75 Å². The van der Waals surface area contributed by atoms with Gasteiger partial charge in [-0.2, -0.15) is 0 Å². The molecule has 22 heavy (non-hydrogen) atoms. The average molecular weight is 300 g/mol. The number of carbonyl (C=O) groups is 1. The minimum Gasteiger partial charge on any atom is -0.494 e. The largest absolute Gasteiger partial charge is 0.494 e. The van der Waals surface area contributed by atoms with Crippen LogP contribution in [0.2, 0.25) is 0 Å². The molecule has 2 aromatic carbocycles. The Hall–Kier alpha value is -3.09. The fourth-order valence-corrected chi connectivity index (χ4v) is 2.31. The van der Waals surface area contributed by atoms with E-state index in [9.17, 15) is 14.9 Å². The van der Waals surface area contributed by atoms with Crippen LogP contribution in [0.15, 0.2) is 42.5 Å². The van der Waals surface area contributed by atoms with Gasteiger partial charge in [-0.3, -0.25) is 10.1 Å². The summed E-state index contributed by atoms with van der Waals surface area (Å²) in [5.41, 5.74) is 1.64. The number of nitrogens with one attached hydrogen (secondary N) is 1. The van der Waals surface area contributed by atoms with Gasteiger partial charge in [-0.15, -0.1) is 0 Å². The van der Waals surface area contributed by atoms with Crippen LogP contribution in [0.25, 0.3) is 0 Å². The molecule has 0 aromatic heterocycles. The molecule has 0 unspecified atom stereocenters. The first-order valence-electron chi connectivity index (χ1n) is 6.49. The van der Waals surface area contributed by atoms with Crippen molar-refractivity contribution in [1.82, 2.24) is 0 Å². The number of hydrogen-bond donors (Lipinski definition) is 1. The summed E-state index contributed by atoms with van der Waals surface area (Å²) < 4.78 is 10.4. The summed E-state index contributed by atoms with van der Waals surface area (Å²) in [5.74, 6) is -0.108. The molecular weight excluding hydrogens is 288 g/mol. The van der Waals surface area contributed by atoms with E-state index in [1.807, 2.05) is 6.07 Å². The van der Waals surface area contributed by atoms with Crippen LogP contribution in [-0.4, -0.2) is 18.0 Å². The third-order valence-electron chi connectivity index (χ3n) is 3.37. The summed E-state index contributed by atoms with van der Waals surface area (Å²) in [6, 6.07) is 11.2. The second kappa shape index (κ2) is 5.36. The topological polar surface area (TPSA) is 90.7 Å². The van der Waals surface area contributed by atoms with E-state index < -0.39 is 17.1 Å². The molecule has 0 bridgehead atoms. The molecule has 1 atom stereocenters. The molecule has 0 fully saturated rings. The van der Waals surface area contributed by atoms with Crippen molar-refractivity contribution in [3.05, 3.63) is 63.7 Å². The molecule has 3 rings (SSSR count). The molecule has 112 valence electrons. The van der Waals surface area contributed by atoms with Crippen molar-refractivity contribution in [2.75, 3.05) is 12.4 Å². The minimum atomic E-state index is -0.654. The van der Waals surface area contributed by atoms with Crippen molar-refractivity contribution in [2.24, 2.45) is 0 Å². The zero-order valence-electron chi connectivity index (χ0n) is 11.6. The lowest BCUT2D eigenvalue weighted by molar-refractivity contribution is -0.384. The maximum atomic E-state index is 11.8. The molecule has 0 saturated heterocycles. The van der Waals surface area contributed by atoms with Crippen molar-refractivity contribution < 1.29 is 19.2 Å². The Morgan fingerprint density at radius 2 is 2.05 bits per heavy atom. The number of rotatable bonds is 4. The van der Waals surface area contributed by atoms with Gasteiger partial charge in [0, 0.05) is 11.6 Å². The smallest absolute Gasteiger partial charge is 0.340 e. The Morgan fingerprint density at radius 1 is 1.27 bits per heavy atom. The molecule has 0 aliphatic carbocycles. The number of methoxy groups -OCH3 is 1. The zero-order valence-corrected chi connectivity index (χ0v) is 11.6. The number of benzene rings is 2.